The summed E-state index contributed by atoms with van der Waals surface area (Å²) in [6.07, 6.45) is 1.38. The summed E-state index contributed by atoms with van der Waals surface area (Å²) in [5.41, 5.74) is 0.483. The highest BCUT2D eigenvalue weighted by Gasteiger charge is 2.21. The molecule has 0 fully saturated rings. The second-order valence-corrected chi connectivity index (χ2v) is 7.59. The van der Waals surface area contributed by atoms with Crippen LogP contribution in [0.3, 0.4) is 0 Å². The number of aryl methyl sites for hydroxylation is 2. The Kier molecular flexibility index (Phi) is 5.56. The van der Waals surface area contributed by atoms with Gasteiger partial charge in [0.05, 0.1) is 24.5 Å². The van der Waals surface area contributed by atoms with Gasteiger partial charge in [-0.05, 0) is 23.9 Å². The van der Waals surface area contributed by atoms with E-state index in [-0.39, 0.29) is 21.0 Å². The van der Waals surface area contributed by atoms with Crippen molar-refractivity contribution in [1.82, 2.24) is 9.55 Å². The maximum atomic E-state index is 12.4. The number of nitrogens with one attached hydrogen (secondary N) is 1. The number of methoxy groups -OCH3 is 1. The highest BCUT2D eigenvalue weighted by Crippen LogP contribution is 2.27. The van der Waals surface area contributed by atoms with Gasteiger partial charge in [-0.15, -0.1) is 22.7 Å². The first kappa shape index (κ1) is 19.7. The molecule has 0 spiro atoms. The summed E-state index contributed by atoms with van der Waals surface area (Å²) in [6.45, 7) is 1.08. The fraction of sp³-hybridized carbons (Fsp3) is 0.235. The van der Waals surface area contributed by atoms with Crippen LogP contribution in [0.5, 0.6) is 0 Å². The smallest absolute Gasteiger partial charge is 0.350 e. The minimum Gasteiger partial charge on any atom is -0.465 e. The highest BCUT2D eigenvalue weighted by atomic mass is 32.1. The van der Waals surface area contributed by atoms with Crippen LogP contribution in [-0.4, -0.2) is 41.1 Å². The average molecular weight is 421 g/mol. The zero-order chi connectivity index (χ0) is 20.4. The number of carbonyl (C=O) groups is 3. The Morgan fingerprint density at radius 1 is 1.25 bits per heavy atom. The first-order valence-electron chi connectivity index (χ1n) is 7.91. The van der Waals surface area contributed by atoms with E-state index in [0.717, 1.165) is 22.7 Å². The van der Waals surface area contributed by atoms with Crippen LogP contribution < -0.4 is 10.9 Å². The number of ether oxygens (including phenoxy) is 2. The molecule has 0 unspecified atom stereocenters. The van der Waals surface area contributed by atoms with Gasteiger partial charge >= 0.3 is 11.9 Å². The normalized spacial score (nSPS) is 10.7. The van der Waals surface area contributed by atoms with Crippen LogP contribution in [0.25, 0.3) is 10.2 Å². The Labute approximate surface area is 166 Å². The van der Waals surface area contributed by atoms with E-state index in [1.54, 1.807) is 25.4 Å². The van der Waals surface area contributed by atoms with Crippen LogP contribution in [-0.2, 0) is 21.3 Å². The van der Waals surface area contributed by atoms with E-state index in [1.165, 1.54) is 18.0 Å². The lowest BCUT2D eigenvalue weighted by molar-refractivity contribution is -0.119. The second-order valence-electron chi connectivity index (χ2n) is 5.68. The molecule has 3 aromatic rings. The van der Waals surface area contributed by atoms with E-state index in [4.69, 9.17) is 4.74 Å². The number of rotatable bonds is 5. The fourth-order valence-corrected chi connectivity index (χ4v) is 4.24. The largest absolute Gasteiger partial charge is 0.465 e. The molecule has 0 saturated heterocycles. The molecule has 0 atom stereocenters. The van der Waals surface area contributed by atoms with Crippen molar-refractivity contribution in [3.8, 4) is 0 Å². The van der Waals surface area contributed by atoms with Gasteiger partial charge in [-0.2, -0.15) is 0 Å². The van der Waals surface area contributed by atoms with Gasteiger partial charge in [-0.25, -0.2) is 14.6 Å². The van der Waals surface area contributed by atoms with Gasteiger partial charge in [0, 0.05) is 7.05 Å². The molecule has 3 heterocycles. The standard InChI is InChI=1S/C17H15N3O6S2/c1-8-11-14(18-7-20(2)15(11)22)28-12(8)17(24)26-6-10(21)19-9-4-5-27-13(9)16(23)25-3/h4-5,7H,6H2,1-3H3,(H,19,21). The number of anilines is 1. The Bertz CT molecular complexity index is 1140. The number of hydrogen-bond acceptors (Lipinski definition) is 9. The Morgan fingerprint density at radius 2 is 2.00 bits per heavy atom. The lowest BCUT2D eigenvalue weighted by atomic mass is 10.2. The van der Waals surface area contributed by atoms with Gasteiger partial charge < -0.3 is 19.4 Å². The van der Waals surface area contributed by atoms with Crippen molar-refractivity contribution in [2.75, 3.05) is 19.0 Å². The van der Waals surface area contributed by atoms with Crippen LogP contribution in [0.15, 0.2) is 22.6 Å². The Balaban J connectivity index is 1.70. The SMILES string of the molecule is COC(=O)c1sccc1NC(=O)COC(=O)c1sc2ncn(C)c(=O)c2c1C. The van der Waals surface area contributed by atoms with Crippen LogP contribution in [0.4, 0.5) is 5.69 Å². The third-order valence-electron chi connectivity index (χ3n) is 3.84. The van der Waals surface area contributed by atoms with Crippen LogP contribution in [0.2, 0.25) is 0 Å². The van der Waals surface area contributed by atoms with Crippen molar-refractivity contribution in [3.63, 3.8) is 0 Å². The quantitative estimate of drug-likeness (QED) is 0.626. The Morgan fingerprint density at radius 3 is 2.71 bits per heavy atom. The molecular formula is C17H15N3O6S2. The van der Waals surface area contributed by atoms with E-state index >= 15 is 0 Å². The second kappa shape index (κ2) is 7.90. The van der Waals surface area contributed by atoms with Crippen LogP contribution in [0.1, 0.15) is 24.9 Å². The first-order chi connectivity index (χ1) is 13.3. The van der Waals surface area contributed by atoms with Crippen molar-refractivity contribution in [3.05, 3.63) is 43.4 Å². The summed E-state index contributed by atoms with van der Waals surface area (Å²) < 4.78 is 11.0. The molecule has 0 aliphatic carbocycles. The van der Waals surface area contributed by atoms with Crippen molar-refractivity contribution >= 4 is 56.4 Å². The third kappa shape index (κ3) is 3.66. The molecule has 0 bridgehead atoms. The van der Waals surface area contributed by atoms with Crippen LogP contribution in [0, 0.1) is 6.92 Å². The number of amides is 1. The number of hydrogen-bond donors (Lipinski definition) is 1. The minimum absolute atomic E-state index is 0.212. The summed E-state index contributed by atoms with van der Waals surface area (Å²) in [5.74, 6) is -1.90. The number of fused-ring (bicyclic) bond motifs is 1. The predicted octanol–water partition coefficient (Wildman–Crippen LogP) is 1.95. The van der Waals surface area contributed by atoms with Gasteiger partial charge in [0.2, 0.25) is 0 Å². The number of carbonyl (C=O) groups excluding carboxylic acids is 3. The molecule has 9 nitrogen and oxygen atoms in total. The molecule has 28 heavy (non-hydrogen) atoms. The van der Waals surface area contributed by atoms with Crippen molar-refractivity contribution < 1.29 is 23.9 Å². The molecule has 1 N–H and O–H groups in total. The van der Waals surface area contributed by atoms with Gasteiger partial charge in [0.25, 0.3) is 11.5 Å². The summed E-state index contributed by atoms with van der Waals surface area (Å²) in [4.78, 5) is 53.3. The van der Waals surface area contributed by atoms with E-state index in [2.05, 4.69) is 15.0 Å². The molecule has 0 aromatic carbocycles. The average Bonchev–Trinajstić information content (AvgIpc) is 3.27. The van der Waals surface area contributed by atoms with E-state index in [9.17, 15) is 19.2 Å². The van der Waals surface area contributed by atoms with Crippen molar-refractivity contribution in [1.29, 1.82) is 0 Å². The lowest BCUT2D eigenvalue weighted by Gasteiger charge is -2.06. The molecule has 0 aliphatic heterocycles. The van der Waals surface area contributed by atoms with E-state index in [0.29, 0.717) is 15.8 Å². The zero-order valence-corrected chi connectivity index (χ0v) is 16.7. The highest BCUT2D eigenvalue weighted by molar-refractivity contribution is 7.20. The molecular weight excluding hydrogens is 406 g/mol. The molecule has 11 heteroatoms. The molecule has 0 saturated carbocycles. The number of esters is 2. The lowest BCUT2D eigenvalue weighted by Crippen LogP contribution is -2.21. The first-order valence-corrected chi connectivity index (χ1v) is 9.60. The molecule has 0 aliphatic rings. The predicted molar refractivity (Wildman–Crippen MR) is 104 cm³/mol. The minimum atomic E-state index is -0.726. The summed E-state index contributed by atoms with van der Waals surface area (Å²) in [5, 5.41) is 4.48. The molecule has 1 amide bonds. The summed E-state index contributed by atoms with van der Waals surface area (Å²) >= 11 is 2.15. The van der Waals surface area contributed by atoms with Gasteiger partial charge in [0.1, 0.15) is 14.6 Å². The number of aromatic nitrogens is 2. The summed E-state index contributed by atoms with van der Waals surface area (Å²) in [7, 11) is 2.81. The Hall–Kier alpha value is -3.05. The zero-order valence-electron chi connectivity index (χ0n) is 15.1. The molecule has 146 valence electrons. The maximum Gasteiger partial charge on any atom is 0.350 e. The van der Waals surface area contributed by atoms with Gasteiger partial charge in [-0.3, -0.25) is 9.59 Å². The molecule has 3 rings (SSSR count). The van der Waals surface area contributed by atoms with Gasteiger partial charge in [-0.1, -0.05) is 0 Å². The molecule has 0 radical (unpaired) electrons. The van der Waals surface area contributed by atoms with E-state index < -0.39 is 24.5 Å². The van der Waals surface area contributed by atoms with Crippen molar-refractivity contribution in [2.24, 2.45) is 7.05 Å². The summed E-state index contributed by atoms with van der Waals surface area (Å²) in [6, 6.07) is 1.55. The monoisotopic (exact) mass is 421 g/mol. The van der Waals surface area contributed by atoms with E-state index in [1.807, 2.05) is 0 Å². The van der Waals surface area contributed by atoms with Crippen molar-refractivity contribution in [2.45, 2.75) is 6.92 Å². The number of thiophene rings is 2. The fourth-order valence-electron chi connectivity index (χ4n) is 2.44. The maximum absolute atomic E-state index is 12.4. The van der Waals surface area contributed by atoms with Crippen LogP contribution >= 0.6 is 22.7 Å². The molecule has 3 aromatic heterocycles. The number of nitrogens with zero attached hydrogens (tertiary/aromatic N) is 2. The topological polar surface area (TPSA) is 117 Å². The van der Waals surface area contributed by atoms with Gasteiger partial charge in [0.15, 0.2) is 6.61 Å². The third-order valence-corrected chi connectivity index (χ3v) is 5.91.